The Morgan fingerprint density at radius 1 is 0.857 bits per heavy atom. The number of ether oxygens (including phenoxy) is 1. The minimum Gasteiger partial charge on any atom is -0.379 e. The summed E-state index contributed by atoms with van der Waals surface area (Å²) in [6, 6.07) is 0. The zero-order valence-corrected chi connectivity index (χ0v) is 9.98. The first kappa shape index (κ1) is 13.9. The second-order valence-corrected chi connectivity index (χ2v) is 3.78. The van der Waals surface area contributed by atoms with Crippen LogP contribution in [0.25, 0.3) is 0 Å². The van der Waals surface area contributed by atoms with E-state index in [0.717, 1.165) is 26.3 Å². The van der Waals surface area contributed by atoms with Crippen molar-refractivity contribution < 1.29 is 4.74 Å². The predicted octanol–water partition coefficient (Wildman–Crippen LogP) is 2.97. The SMILES string of the molecule is C1COCCN1.CCCCCCCC. The lowest BCUT2D eigenvalue weighted by molar-refractivity contribution is 0.109. The van der Waals surface area contributed by atoms with Crippen LogP contribution in [0, 0.1) is 0 Å². The molecule has 1 fully saturated rings. The lowest BCUT2D eigenvalue weighted by Crippen LogP contribution is -2.30. The number of nitrogens with one attached hydrogen (secondary N) is 1. The fourth-order valence-electron chi connectivity index (χ4n) is 1.37. The molecule has 0 spiro atoms. The third kappa shape index (κ3) is 11.9. The van der Waals surface area contributed by atoms with Gasteiger partial charge in [0.15, 0.2) is 0 Å². The van der Waals surface area contributed by atoms with Gasteiger partial charge >= 0.3 is 0 Å². The van der Waals surface area contributed by atoms with Crippen LogP contribution in [0.4, 0.5) is 0 Å². The van der Waals surface area contributed by atoms with E-state index in [-0.39, 0.29) is 0 Å². The molecule has 0 saturated carbocycles. The van der Waals surface area contributed by atoms with Crippen molar-refractivity contribution in [3.05, 3.63) is 0 Å². The molecule has 14 heavy (non-hydrogen) atoms. The van der Waals surface area contributed by atoms with Crippen LogP contribution in [0.3, 0.4) is 0 Å². The van der Waals surface area contributed by atoms with Gasteiger partial charge in [-0.25, -0.2) is 0 Å². The quantitative estimate of drug-likeness (QED) is 0.690. The summed E-state index contributed by atoms with van der Waals surface area (Å²) >= 11 is 0. The monoisotopic (exact) mass is 201 g/mol. The summed E-state index contributed by atoms with van der Waals surface area (Å²) < 4.78 is 5.01. The summed E-state index contributed by atoms with van der Waals surface area (Å²) in [5.74, 6) is 0. The largest absolute Gasteiger partial charge is 0.379 e. The van der Waals surface area contributed by atoms with Gasteiger partial charge in [0.1, 0.15) is 0 Å². The maximum absolute atomic E-state index is 5.01. The third-order valence-electron chi connectivity index (χ3n) is 2.30. The van der Waals surface area contributed by atoms with E-state index in [1.807, 2.05) is 0 Å². The third-order valence-corrected chi connectivity index (χ3v) is 2.30. The van der Waals surface area contributed by atoms with Crippen molar-refractivity contribution in [1.82, 2.24) is 5.32 Å². The van der Waals surface area contributed by atoms with E-state index >= 15 is 0 Å². The molecule has 1 aliphatic rings. The van der Waals surface area contributed by atoms with E-state index in [4.69, 9.17) is 4.74 Å². The van der Waals surface area contributed by atoms with Gasteiger partial charge in [0.2, 0.25) is 0 Å². The highest BCUT2D eigenvalue weighted by molar-refractivity contribution is 4.49. The minimum absolute atomic E-state index is 0.889. The second kappa shape index (κ2) is 12.9. The lowest BCUT2D eigenvalue weighted by Gasteiger charge is -2.10. The van der Waals surface area contributed by atoms with Crippen LogP contribution in [0.15, 0.2) is 0 Å². The van der Waals surface area contributed by atoms with Crippen molar-refractivity contribution in [1.29, 1.82) is 0 Å². The van der Waals surface area contributed by atoms with Crippen molar-refractivity contribution in [2.24, 2.45) is 0 Å². The van der Waals surface area contributed by atoms with E-state index in [0.29, 0.717) is 0 Å². The molecule has 0 atom stereocenters. The summed E-state index contributed by atoms with van der Waals surface area (Å²) in [4.78, 5) is 0. The van der Waals surface area contributed by atoms with E-state index in [1.54, 1.807) is 0 Å². The second-order valence-electron chi connectivity index (χ2n) is 3.78. The van der Waals surface area contributed by atoms with Gasteiger partial charge in [-0.2, -0.15) is 0 Å². The van der Waals surface area contributed by atoms with Gasteiger partial charge < -0.3 is 10.1 Å². The van der Waals surface area contributed by atoms with Gasteiger partial charge in [-0.05, 0) is 0 Å². The highest BCUT2D eigenvalue weighted by atomic mass is 16.5. The molecule has 1 heterocycles. The Labute approximate surface area is 89.4 Å². The molecule has 0 aromatic heterocycles. The molecule has 0 aliphatic carbocycles. The van der Waals surface area contributed by atoms with Crippen LogP contribution in [0.1, 0.15) is 52.4 Å². The van der Waals surface area contributed by atoms with Gasteiger partial charge in [-0.1, -0.05) is 52.4 Å². The van der Waals surface area contributed by atoms with Gasteiger partial charge in [0.25, 0.3) is 0 Å². The molecule has 1 N–H and O–H groups in total. The average molecular weight is 201 g/mol. The van der Waals surface area contributed by atoms with Crippen molar-refractivity contribution in [2.45, 2.75) is 52.4 Å². The van der Waals surface area contributed by atoms with Crippen LogP contribution in [0.2, 0.25) is 0 Å². The molecule has 2 nitrogen and oxygen atoms in total. The summed E-state index contributed by atoms with van der Waals surface area (Å²) in [6.45, 7) is 8.35. The summed E-state index contributed by atoms with van der Waals surface area (Å²) in [5, 5.41) is 3.16. The highest BCUT2D eigenvalue weighted by Gasteiger charge is 1.92. The topological polar surface area (TPSA) is 21.3 Å². The molecule has 0 amide bonds. The minimum atomic E-state index is 0.889. The molecule has 1 saturated heterocycles. The molecule has 1 rings (SSSR count). The molecule has 1 aliphatic heterocycles. The van der Waals surface area contributed by atoms with Gasteiger partial charge in [0.05, 0.1) is 13.2 Å². The van der Waals surface area contributed by atoms with E-state index in [2.05, 4.69) is 19.2 Å². The van der Waals surface area contributed by atoms with E-state index in [9.17, 15) is 0 Å². The molecule has 2 heteroatoms. The van der Waals surface area contributed by atoms with E-state index < -0.39 is 0 Å². The predicted molar refractivity (Wildman–Crippen MR) is 62.7 cm³/mol. The molecular weight excluding hydrogens is 174 g/mol. The van der Waals surface area contributed by atoms with Crippen molar-refractivity contribution in [3.63, 3.8) is 0 Å². The van der Waals surface area contributed by atoms with Crippen molar-refractivity contribution >= 4 is 0 Å². The summed E-state index contributed by atoms with van der Waals surface area (Å²) in [6.07, 6.45) is 8.49. The number of hydrogen-bond acceptors (Lipinski definition) is 2. The Morgan fingerprint density at radius 2 is 1.36 bits per heavy atom. The van der Waals surface area contributed by atoms with Crippen LogP contribution in [-0.2, 0) is 4.74 Å². The molecule has 0 aromatic rings. The van der Waals surface area contributed by atoms with E-state index in [1.165, 1.54) is 38.5 Å². The first-order chi connectivity index (χ1) is 6.91. The Bertz CT molecular complexity index is 74.8. The maximum Gasteiger partial charge on any atom is 0.0591 e. The number of hydrogen-bond donors (Lipinski definition) is 1. The standard InChI is InChI=1S/C8H18.C4H9NO/c1-3-5-7-8-6-4-2;1-3-6-4-2-5-1/h3-8H2,1-2H3;5H,1-4H2. The average Bonchev–Trinajstić information content (AvgIpc) is 2.28. The first-order valence-corrected chi connectivity index (χ1v) is 6.20. The fraction of sp³-hybridized carbons (Fsp3) is 1.00. The Kier molecular flexibility index (Phi) is 12.8. The van der Waals surface area contributed by atoms with Crippen LogP contribution < -0.4 is 5.32 Å². The molecule has 0 radical (unpaired) electrons. The van der Waals surface area contributed by atoms with Gasteiger partial charge in [-0.15, -0.1) is 0 Å². The first-order valence-electron chi connectivity index (χ1n) is 6.20. The number of morpholine rings is 1. The fourth-order valence-corrected chi connectivity index (χ4v) is 1.37. The maximum atomic E-state index is 5.01. The smallest absolute Gasteiger partial charge is 0.0591 e. The summed E-state index contributed by atoms with van der Waals surface area (Å²) in [7, 11) is 0. The van der Waals surface area contributed by atoms with Gasteiger partial charge in [-0.3, -0.25) is 0 Å². The number of unbranched alkanes of at least 4 members (excludes halogenated alkanes) is 5. The van der Waals surface area contributed by atoms with Crippen molar-refractivity contribution in [2.75, 3.05) is 26.3 Å². The lowest BCUT2D eigenvalue weighted by atomic mass is 10.1. The molecule has 86 valence electrons. The van der Waals surface area contributed by atoms with Crippen LogP contribution in [-0.4, -0.2) is 26.3 Å². The Balaban J connectivity index is 0.000000249. The molecule has 0 aromatic carbocycles. The van der Waals surface area contributed by atoms with Gasteiger partial charge in [0, 0.05) is 13.1 Å². The molecule has 0 bridgehead atoms. The Morgan fingerprint density at radius 3 is 1.57 bits per heavy atom. The molecule has 0 unspecified atom stereocenters. The number of rotatable bonds is 5. The zero-order valence-electron chi connectivity index (χ0n) is 9.98. The normalized spacial score (nSPS) is 15.9. The Hall–Kier alpha value is -0.0800. The molecular formula is C12H27NO. The van der Waals surface area contributed by atoms with Crippen LogP contribution >= 0.6 is 0 Å². The van der Waals surface area contributed by atoms with Crippen LogP contribution in [0.5, 0.6) is 0 Å². The zero-order chi connectivity index (χ0) is 10.5. The highest BCUT2D eigenvalue weighted by Crippen LogP contribution is 2.03. The van der Waals surface area contributed by atoms with Crippen molar-refractivity contribution in [3.8, 4) is 0 Å². The summed E-state index contributed by atoms with van der Waals surface area (Å²) in [5.41, 5.74) is 0.